The normalized spacial score (nSPS) is 14.7. The van der Waals surface area contributed by atoms with Gasteiger partial charge in [-0.3, -0.25) is 0 Å². The molecular weight excluding hydrogens is 419 g/mol. The van der Waals surface area contributed by atoms with Crippen LogP contribution in [0.3, 0.4) is 0 Å². The van der Waals surface area contributed by atoms with Crippen LogP contribution in [-0.4, -0.2) is 40.9 Å². The third-order valence-corrected chi connectivity index (χ3v) is 5.35. The minimum absolute atomic E-state index is 0.364. The second-order valence-corrected chi connectivity index (χ2v) is 7.47. The van der Waals surface area contributed by atoms with Gasteiger partial charge in [0.25, 0.3) is 0 Å². The highest BCUT2D eigenvalue weighted by molar-refractivity contribution is 5.66. The molecular formula is C23H20F3N5O. The fourth-order valence-electron chi connectivity index (χ4n) is 3.74. The average molecular weight is 439 g/mol. The molecule has 0 amide bonds. The van der Waals surface area contributed by atoms with Crippen LogP contribution in [0.4, 0.5) is 30.5 Å². The summed E-state index contributed by atoms with van der Waals surface area (Å²) < 4.78 is 46.3. The summed E-state index contributed by atoms with van der Waals surface area (Å²) >= 11 is 0. The van der Waals surface area contributed by atoms with Crippen molar-refractivity contribution < 1.29 is 17.9 Å². The van der Waals surface area contributed by atoms with Crippen LogP contribution in [-0.2, 0) is 10.9 Å². The Morgan fingerprint density at radius 1 is 0.906 bits per heavy atom. The smallest absolute Gasteiger partial charge is 0.378 e. The van der Waals surface area contributed by atoms with Crippen molar-refractivity contribution in [1.29, 1.82) is 0 Å². The number of pyridine rings is 1. The molecule has 0 saturated carbocycles. The summed E-state index contributed by atoms with van der Waals surface area (Å²) in [4.78, 5) is 6.73. The molecule has 164 valence electrons. The number of halogens is 3. The van der Waals surface area contributed by atoms with Crippen molar-refractivity contribution in [3.63, 3.8) is 0 Å². The second kappa shape index (κ2) is 8.16. The van der Waals surface area contributed by atoms with E-state index in [4.69, 9.17) is 4.74 Å². The number of nitrogens with one attached hydrogen (secondary N) is 1. The number of hydrogen-bond acceptors (Lipinski definition) is 5. The third-order valence-electron chi connectivity index (χ3n) is 5.35. The molecule has 6 nitrogen and oxygen atoms in total. The summed E-state index contributed by atoms with van der Waals surface area (Å²) in [5.41, 5.74) is 2.71. The number of alkyl halides is 3. The molecule has 5 rings (SSSR count). The standard InChI is InChI=1S/C23H20F3N5O/c24-23(25,26)17-4-1-3-16(15-17)20-5-2-6-21-28-22(29-31(20)21)27-18-7-9-19(10-8-18)30-11-13-32-14-12-30/h1-10,15H,11-14H2,(H,27,29). The maximum atomic E-state index is 13.1. The summed E-state index contributed by atoms with van der Waals surface area (Å²) in [5, 5.41) is 7.65. The Labute approximate surface area is 182 Å². The first-order valence-corrected chi connectivity index (χ1v) is 10.2. The number of hydrogen-bond donors (Lipinski definition) is 1. The van der Waals surface area contributed by atoms with Crippen LogP contribution in [0.25, 0.3) is 16.9 Å². The largest absolute Gasteiger partial charge is 0.416 e. The van der Waals surface area contributed by atoms with E-state index in [2.05, 4.69) is 20.3 Å². The van der Waals surface area contributed by atoms with Gasteiger partial charge >= 0.3 is 6.18 Å². The molecule has 0 aliphatic carbocycles. The topological polar surface area (TPSA) is 54.7 Å². The number of morpholine rings is 1. The fraction of sp³-hybridized carbons (Fsp3) is 0.217. The van der Waals surface area contributed by atoms with E-state index in [1.807, 2.05) is 24.3 Å². The van der Waals surface area contributed by atoms with Gasteiger partial charge in [-0.1, -0.05) is 18.2 Å². The van der Waals surface area contributed by atoms with Crippen molar-refractivity contribution >= 4 is 23.0 Å². The summed E-state index contributed by atoms with van der Waals surface area (Å²) in [6, 6.07) is 18.4. The van der Waals surface area contributed by atoms with Gasteiger partial charge in [-0.2, -0.15) is 18.2 Å². The molecule has 2 aromatic carbocycles. The first-order valence-electron chi connectivity index (χ1n) is 10.2. The van der Waals surface area contributed by atoms with E-state index in [0.717, 1.165) is 49.8 Å². The summed E-state index contributed by atoms with van der Waals surface area (Å²) in [5.74, 6) is 0.364. The monoisotopic (exact) mass is 439 g/mol. The number of aromatic nitrogens is 3. The minimum atomic E-state index is -4.41. The quantitative estimate of drug-likeness (QED) is 0.485. The summed E-state index contributed by atoms with van der Waals surface area (Å²) in [6.45, 7) is 3.16. The Bertz CT molecular complexity index is 1230. The molecule has 3 heterocycles. The van der Waals surface area contributed by atoms with Gasteiger partial charge in [0, 0.05) is 30.0 Å². The lowest BCUT2D eigenvalue weighted by Crippen LogP contribution is -2.36. The average Bonchev–Trinajstić information content (AvgIpc) is 3.22. The maximum Gasteiger partial charge on any atom is 0.416 e. The van der Waals surface area contributed by atoms with E-state index in [-0.39, 0.29) is 0 Å². The number of fused-ring (bicyclic) bond motifs is 1. The zero-order chi connectivity index (χ0) is 22.1. The van der Waals surface area contributed by atoms with Crippen LogP contribution >= 0.6 is 0 Å². The molecule has 1 fully saturated rings. The van der Waals surface area contributed by atoms with Gasteiger partial charge in [-0.05, 0) is 48.5 Å². The lowest BCUT2D eigenvalue weighted by Gasteiger charge is -2.28. The van der Waals surface area contributed by atoms with Crippen molar-refractivity contribution in [3.05, 3.63) is 72.3 Å². The lowest BCUT2D eigenvalue weighted by atomic mass is 10.1. The minimum Gasteiger partial charge on any atom is -0.378 e. The highest BCUT2D eigenvalue weighted by Crippen LogP contribution is 2.32. The first kappa shape index (κ1) is 20.3. The molecule has 4 aromatic rings. The zero-order valence-corrected chi connectivity index (χ0v) is 17.0. The number of nitrogens with zero attached hydrogens (tertiary/aromatic N) is 4. The molecule has 1 aliphatic rings. The Morgan fingerprint density at radius 3 is 2.41 bits per heavy atom. The van der Waals surface area contributed by atoms with E-state index in [9.17, 15) is 13.2 Å². The Kier molecular flexibility index (Phi) is 5.18. The molecule has 0 unspecified atom stereocenters. The molecule has 1 saturated heterocycles. The highest BCUT2D eigenvalue weighted by atomic mass is 19.4. The molecule has 0 spiro atoms. The second-order valence-electron chi connectivity index (χ2n) is 7.47. The first-order chi connectivity index (χ1) is 15.5. The molecule has 32 heavy (non-hydrogen) atoms. The van der Waals surface area contributed by atoms with Crippen molar-refractivity contribution in [2.45, 2.75) is 6.18 Å². The zero-order valence-electron chi connectivity index (χ0n) is 17.0. The van der Waals surface area contributed by atoms with Gasteiger partial charge in [0.05, 0.1) is 24.5 Å². The van der Waals surface area contributed by atoms with Crippen molar-refractivity contribution in [2.24, 2.45) is 0 Å². The van der Waals surface area contributed by atoms with Gasteiger partial charge in [-0.25, -0.2) is 4.52 Å². The van der Waals surface area contributed by atoms with Gasteiger partial charge in [0.1, 0.15) is 0 Å². The number of ether oxygens (including phenoxy) is 1. The van der Waals surface area contributed by atoms with E-state index in [1.165, 1.54) is 6.07 Å². The van der Waals surface area contributed by atoms with Crippen LogP contribution in [0.2, 0.25) is 0 Å². The van der Waals surface area contributed by atoms with E-state index in [1.54, 1.807) is 28.8 Å². The lowest BCUT2D eigenvalue weighted by molar-refractivity contribution is -0.137. The molecule has 0 atom stereocenters. The fourth-order valence-corrected chi connectivity index (χ4v) is 3.74. The van der Waals surface area contributed by atoms with Gasteiger partial charge < -0.3 is 15.0 Å². The Hall–Kier alpha value is -3.59. The van der Waals surface area contributed by atoms with E-state index in [0.29, 0.717) is 22.9 Å². The predicted octanol–water partition coefficient (Wildman–Crippen LogP) is 5.00. The van der Waals surface area contributed by atoms with Gasteiger partial charge in [0.2, 0.25) is 5.95 Å². The summed E-state index contributed by atoms with van der Waals surface area (Å²) in [6.07, 6.45) is -4.41. The van der Waals surface area contributed by atoms with Crippen molar-refractivity contribution in [3.8, 4) is 11.3 Å². The predicted molar refractivity (Wildman–Crippen MR) is 116 cm³/mol. The number of anilines is 3. The molecule has 1 N–H and O–H groups in total. The Balaban J connectivity index is 1.41. The molecule has 0 radical (unpaired) electrons. The van der Waals surface area contributed by atoms with Crippen LogP contribution in [0, 0.1) is 0 Å². The van der Waals surface area contributed by atoms with Crippen molar-refractivity contribution in [2.75, 3.05) is 36.5 Å². The molecule has 0 bridgehead atoms. The third kappa shape index (κ3) is 4.11. The molecule has 1 aliphatic heterocycles. The maximum absolute atomic E-state index is 13.1. The number of rotatable bonds is 4. The number of benzene rings is 2. The highest BCUT2D eigenvalue weighted by Gasteiger charge is 2.30. The van der Waals surface area contributed by atoms with Crippen LogP contribution in [0.15, 0.2) is 66.7 Å². The molecule has 2 aromatic heterocycles. The molecule has 9 heteroatoms. The Morgan fingerprint density at radius 2 is 1.66 bits per heavy atom. The van der Waals surface area contributed by atoms with E-state index >= 15 is 0 Å². The van der Waals surface area contributed by atoms with Crippen LogP contribution < -0.4 is 10.2 Å². The SMILES string of the molecule is FC(F)(F)c1cccc(-c2cccc3nc(Nc4ccc(N5CCOCC5)cc4)nn23)c1. The van der Waals surface area contributed by atoms with E-state index < -0.39 is 11.7 Å². The van der Waals surface area contributed by atoms with Crippen molar-refractivity contribution in [1.82, 2.24) is 14.6 Å². The van der Waals surface area contributed by atoms with Crippen LogP contribution in [0.5, 0.6) is 0 Å². The summed E-state index contributed by atoms with van der Waals surface area (Å²) in [7, 11) is 0. The van der Waals surface area contributed by atoms with Gasteiger partial charge in [0.15, 0.2) is 5.65 Å². The van der Waals surface area contributed by atoms with Gasteiger partial charge in [-0.15, -0.1) is 5.10 Å². The van der Waals surface area contributed by atoms with Crippen LogP contribution in [0.1, 0.15) is 5.56 Å².